The second-order valence-corrected chi connectivity index (χ2v) is 3.54. The summed E-state index contributed by atoms with van der Waals surface area (Å²) in [4.78, 5) is 22.9. The van der Waals surface area contributed by atoms with Gasteiger partial charge in [-0.3, -0.25) is 9.59 Å². The van der Waals surface area contributed by atoms with Crippen molar-refractivity contribution in [3.63, 3.8) is 0 Å². The van der Waals surface area contributed by atoms with E-state index in [-0.39, 0.29) is 18.4 Å². The number of carbonyl (C=O) groups is 2. The first kappa shape index (κ1) is 14.4. The third-order valence-electron chi connectivity index (χ3n) is 2.64. The average Bonchev–Trinajstić information content (AvgIpc) is 2.30. The first-order valence-corrected chi connectivity index (χ1v) is 5.52. The van der Waals surface area contributed by atoms with Gasteiger partial charge in [-0.1, -0.05) is 13.8 Å². The predicted molar refractivity (Wildman–Crippen MR) is 60.3 cm³/mol. The van der Waals surface area contributed by atoms with Gasteiger partial charge in [0.15, 0.2) is 0 Å². The molecule has 0 atom stereocenters. The van der Waals surface area contributed by atoms with Crippen LogP contribution in [0.1, 0.15) is 33.6 Å². The third-order valence-corrected chi connectivity index (χ3v) is 2.64. The summed E-state index contributed by atoms with van der Waals surface area (Å²) in [6.07, 6.45) is 0.891. The highest BCUT2D eigenvalue weighted by molar-refractivity contribution is 5.89. The van der Waals surface area contributed by atoms with Crippen LogP contribution in [0.25, 0.3) is 0 Å². The SMILES string of the molecule is CCNC(=O)CNC(=O)C(C#N)(CC)CC. The monoisotopic (exact) mass is 225 g/mol. The molecule has 0 saturated carbocycles. The van der Waals surface area contributed by atoms with Crippen LogP contribution in [0.4, 0.5) is 0 Å². The van der Waals surface area contributed by atoms with Gasteiger partial charge < -0.3 is 10.6 Å². The zero-order valence-electron chi connectivity index (χ0n) is 10.1. The maximum absolute atomic E-state index is 11.8. The molecule has 0 bridgehead atoms. The quantitative estimate of drug-likeness (QED) is 0.693. The van der Waals surface area contributed by atoms with Crippen molar-refractivity contribution in [3.8, 4) is 6.07 Å². The maximum Gasteiger partial charge on any atom is 0.240 e. The molecule has 0 rings (SSSR count). The summed E-state index contributed by atoms with van der Waals surface area (Å²) < 4.78 is 0. The van der Waals surface area contributed by atoms with E-state index >= 15 is 0 Å². The lowest BCUT2D eigenvalue weighted by Gasteiger charge is -2.21. The standard InChI is InChI=1S/C11H19N3O2/c1-4-11(5-2,8-12)10(16)14-7-9(15)13-6-3/h4-7H2,1-3H3,(H,13,15)(H,14,16). The first-order valence-electron chi connectivity index (χ1n) is 5.52. The largest absolute Gasteiger partial charge is 0.355 e. The van der Waals surface area contributed by atoms with Crippen molar-refractivity contribution in [2.45, 2.75) is 33.6 Å². The van der Waals surface area contributed by atoms with Gasteiger partial charge in [-0.25, -0.2) is 0 Å². The molecule has 90 valence electrons. The minimum absolute atomic E-state index is 0.0733. The lowest BCUT2D eigenvalue weighted by atomic mass is 9.83. The summed E-state index contributed by atoms with van der Waals surface area (Å²) >= 11 is 0. The van der Waals surface area contributed by atoms with Crippen LogP contribution in [0.15, 0.2) is 0 Å². The van der Waals surface area contributed by atoms with E-state index in [1.165, 1.54) is 0 Å². The molecule has 2 amide bonds. The molecule has 5 nitrogen and oxygen atoms in total. The van der Waals surface area contributed by atoms with Gasteiger partial charge in [0.05, 0.1) is 12.6 Å². The van der Waals surface area contributed by atoms with E-state index in [2.05, 4.69) is 10.6 Å². The van der Waals surface area contributed by atoms with Crippen molar-refractivity contribution in [1.29, 1.82) is 5.26 Å². The van der Waals surface area contributed by atoms with E-state index in [1.54, 1.807) is 20.8 Å². The van der Waals surface area contributed by atoms with Crippen molar-refractivity contribution in [2.75, 3.05) is 13.1 Å². The molecular weight excluding hydrogens is 206 g/mol. The normalized spacial score (nSPS) is 10.4. The second-order valence-electron chi connectivity index (χ2n) is 3.54. The Kier molecular flexibility index (Phi) is 6.16. The van der Waals surface area contributed by atoms with Gasteiger partial charge in [-0.2, -0.15) is 5.26 Å². The Hall–Kier alpha value is -1.57. The second kappa shape index (κ2) is 6.83. The van der Waals surface area contributed by atoms with Crippen molar-refractivity contribution in [1.82, 2.24) is 10.6 Å². The lowest BCUT2D eigenvalue weighted by molar-refractivity contribution is -0.131. The molecule has 0 aliphatic carbocycles. The van der Waals surface area contributed by atoms with Crippen LogP contribution in [-0.2, 0) is 9.59 Å². The molecule has 0 saturated heterocycles. The Balaban J connectivity index is 4.35. The number of carbonyl (C=O) groups excluding carboxylic acids is 2. The lowest BCUT2D eigenvalue weighted by Crippen LogP contribution is -2.44. The molecule has 0 heterocycles. The van der Waals surface area contributed by atoms with Crippen LogP contribution < -0.4 is 10.6 Å². The van der Waals surface area contributed by atoms with Crippen LogP contribution in [0, 0.1) is 16.7 Å². The maximum atomic E-state index is 11.8. The fraction of sp³-hybridized carbons (Fsp3) is 0.727. The Morgan fingerprint density at radius 1 is 1.19 bits per heavy atom. The number of nitrogens with zero attached hydrogens (tertiary/aromatic N) is 1. The van der Waals surface area contributed by atoms with E-state index in [4.69, 9.17) is 5.26 Å². The van der Waals surface area contributed by atoms with Gasteiger partial charge >= 0.3 is 0 Å². The zero-order valence-corrected chi connectivity index (χ0v) is 10.1. The number of likely N-dealkylation sites (N-methyl/N-ethyl adjacent to an activating group) is 1. The summed E-state index contributed by atoms with van der Waals surface area (Å²) in [6.45, 7) is 5.84. The van der Waals surface area contributed by atoms with E-state index in [0.717, 1.165) is 0 Å². The molecule has 0 aliphatic rings. The topological polar surface area (TPSA) is 82.0 Å². The number of hydrogen-bond acceptors (Lipinski definition) is 3. The number of nitrogens with one attached hydrogen (secondary N) is 2. The van der Waals surface area contributed by atoms with Gasteiger partial charge in [-0.05, 0) is 19.8 Å². The van der Waals surface area contributed by atoms with Gasteiger partial charge in [0.2, 0.25) is 11.8 Å². The van der Waals surface area contributed by atoms with Gasteiger partial charge in [0.25, 0.3) is 0 Å². The number of nitriles is 1. The number of hydrogen-bond donors (Lipinski definition) is 2. The van der Waals surface area contributed by atoms with Crippen LogP contribution in [0.3, 0.4) is 0 Å². The Morgan fingerprint density at radius 2 is 1.75 bits per heavy atom. The highest BCUT2D eigenvalue weighted by atomic mass is 16.2. The summed E-state index contributed by atoms with van der Waals surface area (Å²) in [5, 5.41) is 14.1. The fourth-order valence-electron chi connectivity index (χ4n) is 1.37. The Morgan fingerprint density at radius 3 is 2.12 bits per heavy atom. The number of amides is 2. The molecule has 0 fully saturated rings. The van der Waals surface area contributed by atoms with Crippen LogP contribution in [-0.4, -0.2) is 24.9 Å². The first-order chi connectivity index (χ1) is 7.56. The molecule has 16 heavy (non-hydrogen) atoms. The minimum atomic E-state index is -1.01. The molecule has 5 heteroatoms. The molecule has 2 N–H and O–H groups in total. The van der Waals surface area contributed by atoms with Crippen LogP contribution in [0.2, 0.25) is 0 Å². The van der Waals surface area contributed by atoms with Gasteiger partial charge in [0, 0.05) is 6.54 Å². The fourth-order valence-corrected chi connectivity index (χ4v) is 1.37. The molecule has 0 aliphatic heterocycles. The van der Waals surface area contributed by atoms with Gasteiger partial charge in [-0.15, -0.1) is 0 Å². The summed E-state index contributed by atoms with van der Waals surface area (Å²) in [5.41, 5.74) is -1.01. The smallest absolute Gasteiger partial charge is 0.240 e. The highest BCUT2D eigenvalue weighted by Gasteiger charge is 2.34. The van der Waals surface area contributed by atoms with Crippen molar-refractivity contribution in [2.24, 2.45) is 5.41 Å². The predicted octanol–water partition coefficient (Wildman–Crippen LogP) is 0.569. The van der Waals surface area contributed by atoms with Crippen LogP contribution in [0.5, 0.6) is 0 Å². The molecule has 0 spiro atoms. The molecule has 0 radical (unpaired) electrons. The molecular formula is C11H19N3O2. The Labute approximate surface area is 96.2 Å². The molecule has 0 unspecified atom stereocenters. The highest BCUT2D eigenvalue weighted by Crippen LogP contribution is 2.25. The summed E-state index contributed by atoms with van der Waals surface area (Å²) in [5.74, 6) is -0.610. The summed E-state index contributed by atoms with van der Waals surface area (Å²) in [7, 11) is 0. The minimum Gasteiger partial charge on any atom is -0.355 e. The Bertz CT molecular complexity index is 290. The third kappa shape index (κ3) is 3.54. The average molecular weight is 225 g/mol. The van der Waals surface area contributed by atoms with Crippen molar-refractivity contribution < 1.29 is 9.59 Å². The van der Waals surface area contributed by atoms with E-state index in [9.17, 15) is 9.59 Å². The summed E-state index contributed by atoms with van der Waals surface area (Å²) in [6, 6.07) is 2.03. The van der Waals surface area contributed by atoms with Crippen molar-refractivity contribution in [3.05, 3.63) is 0 Å². The molecule has 0 aromatic carbocycles. The van der Waals surface area contributed by atoms with E-state index < -0.39 is 5.41 Å². The van der Waals surface area contributed by atoms with E-state index in [0.29, 0.717) is 19.4 Å². The molecule has 0 aromatic rings. The van der Waals surface area contributed by atoms with Gasteiger partial charge in [0.1, 0.15) is 5.41 Å². The zero-order chi connectivity index (χ0) is 12.6. The van der Waals surface area contributed by atoms with Crippen LogP contribution >= 0.6 is 0 Å². The number of rotatable bonds is 6. The molecule has 0 aromatic heterocycles. The van der Waals surface area contributed by atoms with Crippen molar-refractivity contribution >= 4 is 11.8 Å². The van der Waals surface area contributed by atoms with E-state index in [1.807, 2.05) is 6.07 Å².